The Morgan fingerprint density at radius 2 is 2.05 bits per heavy atom. The van der Waals surface area contributed by atoms with Crippen molar-refractivity contribution in [2.24, 2.45) is 5.73 Å². The first-order valence-corrected chi connectivity index (χ1v) is 6.57. The molecule has 0 spiro atoms. The summed E-state index contributed by atoms with van der Waals surface area (Å²) in [6, 6.07) is 3.96. The van der Waals surface area contributed by atoms with Gasteiger partial charge in [-0.15, -0.1) is 0 Å². The van der Waals surface area contributed by atoms with Crippen molar-refractivity contribution in [2.45, 2.75) is 32.9 Å². The second kappa shape index (κ2) is 4.81. The van der Waals surface area contributed by atoms with Gasteiger partial charge in [0.25, 0.3) is 0 Å². The summed E-state index contributed by atoms with van der Waals surface area (Å²) in [6.07, 6.45) is 0. The van der Waals surface area contributed by atoms with Crippen LogP contribution in [0.2, 0.25) is 0 Å². The fourth-order valence-electron chi connectivity index (χ4n) is 2.59. The molecule has 0 aliphatic carbocycles. The average Bonchev–Trinajstić information content (AvgIpc) is 2.35. The summed E-state index contributed by atoms with van der Waals surface area (Å²) >= 11 is 0. The lowest BCUT2D eigenvalue weighted by atomic mass is 9.97. The second-order valence-electron chi connectivity index (χ2n) is 5.62. The van der Waals surface area contributed by atoms with Gasteiger partial charge in [0.15, 0.2) is 0 Å². The molecule has 1 aliphatic rings. The van der Waals surface area contributed by atoms with E-state index in [-0.39, 0.29) is 5.91 Å². The first-order chi connectivity index (χ1) is 8.86. The van der Waals surface area contributed by atoms with Crippen LogP contribution < -0.4 is 10.6 Å². The Morgan fingerprint density at radius 1 is 1.37 bits per heavy atom. The molecule has 2 N–H and O–H groups in total. The number of carbonyl (C=O) groups excluding carboxylic acids is 1. The van der Waals surface area contributed by atoms with E-state index in [1.165, 1.54) is 0 Å². The zero-order valence-electron chi connectivity index (χ0n) is 12.1. The maximum atomic E-state index is 12.3. The minimum Gasteiger partial charge on any atom is -0.342 e. The van der Waals surface area contributed by atoms with Crippen molar-refractivity contribution in [3.63, 3.8) is 0 Å². The van der Waals surface area contributed by atoms with Crippen LogP contribution >= 0.6 is 0 Å². The molecule has 104 valence electrons. The Morgan fingerprint density at radius 3 is 2.68 bits per heavy atom. The van der Waals surface area contributed by atoms with Crippen LogP contribution in [0.15, 0.2) is 12.1 Å². The SMILES string of the molecule is Cc1cc(CN)cc(N2CCN(C)C(=O)C2(C)C)n1. The number of rotatable bonds is 2. The lowest BCUT2D eigenvalue weighted by Crippen LogP contribution is -2.62. The molecule has 2 heterocycles. The van der Waals surface area contributed by atoms with Crippen LogP contribution in [0.1, 0.15) is 25.1 Å². The van der Waals surface area contributed by atoms with Crippen LogP contribution in [0.5, 0.6) is 0 Å². The molecule has 19 heavy (non-hydrogen) atoms. The third kappa shape index (κ3) is 2.42. The van der Waals surface area contributed by atoms with E-state index >= 15 is 0 Å². The standard InChI is InChI=1S/C14H22N4O/c1-10-7-11(9-15)8-12(16-10)18-6-5-17(4)13(19)14(18,2)3/h7-8H,5-6,9,15H2,1-4H3. The van der Waals surface area contributed by atoms with Gasteiger partial charge in [-0.2, -0.15) is 0 Å². The number of piperazine rings is 1. The molecular formula is C14H22N4O. The molecule has 5 heteroatoms. The number of aromatic nitrogens is 1. The first-order valence-electron chi connectivity index (χ1n) is 6.57. The van der Waals surface area contributed by atoms with E-state index in [2.05, 4.69) is 9.88 Å². The molecule has 1 aliphatic heterocycles. The van der Waals surface area contributed by atoms with Gasteiger partial charge < -0.3 is 15.5 Å². The molecule has 2 rings (SSSR count). The van der Waals surface area contributed by atoms with Crippen LogP contribution in [0, 0.1) is 6.92 Å². The van der Waals surface area contributed by atoms with Gasteiger partial charge in [0.05, 0.1) is 0 Å². The fourth-order valence-corrected chi connectivity index (χ4v) is 2.59. The predicted molar refractivity (Wildman–Crippen MR) is 75.9 cm³/mol. The number of likely N-dealkylation sites (N-methyl/N-ethyl adjacent to an activating group) is 1. The predicted octanol–water partition coefficient (Wildman–Crippen LogP) is 0.906. The van der Waals surface area contributed by atoms with Gasteiger partial charge in [-0.25, -0.2) is 4.98 Å². The Kier molecular flexibility index (Phi) is 3.49. The molecular weight excluding hydrogens is 240 g/mol. The van der Waals surface area contributed by atoms with E-state index in [0.717, 1.165) is 30.2 Å². The molecule has 0 bridgehead atoms. The number of anilines is 1. The van der Waals surface area contributed by atoms with Gasteiger partial charge in [-0.05, 0) is 38.5 Å². The highest BCUT2D eigenvalue weighted by atomic mass is 16.2. The Balaban J connectivity index is 2.41. The van der Waals surface area contributed by atoms with E-state index in [9.17, 15) is 4.79 Å². The normalized spacial score (nSPS) is 18.9. The molecule has 0 saturated carbocycles. The van der Waals surface area contributed by atoms with Crippen molar-refractivity contribution in [1.29, 1.82) is 0 Å². The lowest BCUT2D eigenvalue weighted by molar-refractivity contribution is -0.136. The van der Waals surface area contributed by atoms with Crippen LogP contribution in [0.25, 0.3) is 0 Å². The van der Waals surface area contributed by atoms with Gasteiger partial charge in [-0.3, -0.25) is 4.79 Å². The Bertz CT molecular complexity index is 498. The van der Waals surface area contributed by atoms with Crippen molar-refractivity contribution in [2.75, 3.05) is 25.0 Å². The summed E-state index contributed by atoms with van der Waals surface area (Å²) in [5.41, 5.74) is 7.12. The maximum Gasteiger partial charge on any atom is 0.247 e. The molecule has 0 aromatic carbocycles. The fraction of sp³-hybridized carbons (Fsp3) is 0.571. The zero-order chi connectivity index (χ0) is 14.2. The summed E-state index contributed by atoms with van der Waals surface area (Å²) in [5, 5.41) is 0. The zero-order valence-corrected chi connectivity index (χ0v) is 12.1. The van der Waals surface area contributed by atoms with Gasteiger partial charge in [-0.1, -0.05) is 0 Å². The van der Waals surface area contributed by atoms with E-state index in [0.29, 0.717) is 6.54 Å². The van der Waals surface area contributed by atoms with Crippen LogP contribution in [0.4, 0.5) is 5.82 Å². The van der Waals surface area contributed by atoms with Gasteiger partial charge in [0.2, 0.25) is 5.91 Å². The molecule has 5 nitrogen and oxygen atoms in total. The molecule has 1 aromatic heterocycles. The largest absolute Gasteiger partial charge is 0.342 e. The highest BCUT2D eigenvalue weighted by Gasteiger charge is 2.41. The second-order valence-corrected chi connectivity index (χ2v) is 5.62. The summed E-state index contributed by atoms with van der Waals surface area (Å²) < 4.78 is 0. The quantitative estimate of drug-likeness (QED) is 0.860. The van der Waals surface area contributed by atoms with Crippen molar-refractivity contribution in [3.05, 3.63) is 23.4 Å². The summed E-state index contributed by atoms with van der Waals surface area (Å²) in [7, 11) is 1.84. The van der Waals surface area contributed by atoms with E-state index < -0.39 is 5.54 Å². The molecule has 0 atom stereocenters. The van der Waals surface area contributed by atoms with Crippen LogP contribution in [-0.4, -0.2) is 41.5 Å². The molecule has 1 amide bonds. The molecule has 1 saturated heterocycles. The third-order valence-corrected chi connectivity index (χ3v) is 3.72. The van der Waals surface area contributed by atoms with Crippen molar-refractivity contribution >= 4 is 11.7 Å². The number of aryl methyl sites for hydroxylation is 1. The summed E-state index contributed by atoms with van der Waals surface area (Å²) in [6.45, 7) is 7.83. The minimum atomic E-state index is -0.570. The van der Waals surface area contributed by atoms with Crippen LogP contribution in [-0.2, 0) is 11.3 Å². The van der Waals surface area contributed by atoms with Crippen molar-refractivity contribution in [1.82, 2.24) is 9.88 Å². The number of carbonyl (C=O) groups is 1. The topological polar surface area (TPSA) is 62.5 Å². The average molecular weight is 262 g/mol. The highest BCUT2D eigenvalue weighted by Crippen LogP contribution is 2.28. The van der Waals surface area contributed by atoms with E-state index in [1.807, 2.05) is 40.0 Å². The monoisotopic (exact) mass is 262 g/mol. The number of nitrogens with zero attached hydrogens (tertiary/aromatic N) is 3. The molecule has 1 fully saturated rings. The number of pyridine rings is 1. The van der Waals surface area contributed by atoms with Crippen LogP contribution in [0.3, 0.4) is 0 Å². The van der Waals surface area contributed by atoms with Crippen molar-refractivity contribution in [3.8, 4) is 0 Å². The maximum absolute atomic E-state index is 12.3. The van der Waals surface area contributed by atoms with Gasteiger partial charge in [0, 0.05) is 32.4 Å². The number of nitrogens with two attached hydrogens (primary N) is 1. The van der Waals surface area contributed by atoms with E-state index in [1.54, 1.807) is 4.90 Å². The Labute approximate surface area is 114 Å². The van der Waals surface area contributed by atoms with Crippen molar-refractivity contribution < 1.29 is 4.79 Å². The lowest BCUT2D eigenvalue weighted by Gasteiger charge is -2.45. The van der Waals surface area contributed by atoms with E-state index in [4.69, 9.17) is 5.73 Å². The number of hydrogen-bond donors (Lipinski definition) is 1. The summed E-state index contributed by atoms with van der Waals surface area (Å²) in [4.78, 5) is 20.7. The number of hydrogen-bond acceptors (Lipinski definition) is 4. The molecule has 0 radical (unpaired) electrons. The molecule has 0 unspecified atom stereocenters. The van der Waals surface area contributed by atoms with Gasteiger partial charge >= 0.3 is 0 Å². The first kappa shape index (κ1) is 13.8. The highest BCUT2D eigenvalue weighted by molar-refractivity contribution is 5.90. The summed E-state index contributed by atoms with van der Waals surface area (Å²) in [5.74, 6) is 0.961. The minimum absolute atomic E-state index is 0.122. The van der Waals surface area contributed by atoms with Gasteiger partial charge in [0.1, 0.15) is 11.4 Å². The number of amides is 1. The molecule has 1 aromatic rings. The Hall–Kier alpha value is -1.62. The third-order valence-electron chi connectivity index (χ3n) is 3.72. The smallest absolute Gasteiger partial charge is 0.247 e.